The van der Waals surface area contributed by atoms with E-state index in [1.54, 1.807) is 12.1 Å². The standard InChI is InChI=1S/C23H14Cl2N4O3/c24-16-8-14(29-22(31)10-21(30)20(11-26)28-29)9-17(25)23(16)32-15-4-6-19-13(7-15)3-5-18(27-19)12-1-2-12/h3-9,12H,1-2,10H2. The summed E-state index contributed by atoms with van der Waals surface area (Å²) in [5, 5.41) is 15.0. The average Bonchev–Trinajstić information content (AvgIpc) is 3.61. The van der Waals surface area contributed by atoms with Crippen molar-refractivity contribution in [3.63, 3.8) is 0 Å². The van der Waals surface area contributed by atoms with Gasteiger partial charge in [-0.1, -0.05) is 29.3 Å². The quantitative estimate of drug-likeness (QED) is 0.481. The highest BCUT2D eigenvalue weighted by Gasteiger charge is 2.29. The molecule has 158 valence electrons. The molecule has 1 saturated carbocycles. The number of nitriles is 1. The summed E-state index contributed by atoms with van der Waals surface area (Å²) >= 11 is 12.8. The number of rotatable bonds is 4. The smallest absolute Gasteiger partial charge is 0.255 e. The fourth-order valence-electron chi connectivity index (χ4n) is 3.47. The van der Waals surface area contributed by atoms with Crippen molar-refractivity contribution in [1.29, 1.82) is 5.26 Å². The van der Waals surface area contributed by atoms with Crippen LogP contribution in [0.3, 0.4) is 0 Å². The van der Waals surface area contributed by atoms with E-state index < -0.39 is 18.1 Å². The Hall–Kier alpha value is -3.47. The molecule has 1 amide bonds. The van der Waals surface area contributed by atoms with Crippen LogP contribution in [0, 0.1) is 11.3 Å². The van der Waals surface area contributed by atoms with Gasteiger partial charge in [-0.3, -0.25) is 14.6 Å². The molecule has 1 aliphatic carbocycles. The maximum absolute atomic E-state index is 12.2. The molecule has 5 rings (SSSR count). The summed E-state index contributed by atoms with van der Waals surface area (Å²) < 4.78 is 5.93. The van der Waals surface area contributed by atoms with Gasteiger partial charge < -0.3 is 4.74 Å². The van der Waals surface area contributed by atoms with Gasteiger partial charge in [-0.05, 0) is 49.2 Å². The summed E-state index contributed by atoms with van der Waals surface area (Å²) in [5.41, 5.74) is 1.88. The number of pyridine rings is 1. The van der Waals surface area contributed by atoms with Crippen molar-refractivity contribution in [3.05, 3.63) is 58.2 Å². The predicted octanol–water partition coefficient (Wildman–Crippen LogP) is 5.40. The average molecular weight is 465 g/mol. The Morgan fingerprint density at radius 2 is 1.81 bits per heavy atom. The number of fused-ring (bicyclic) bond motifs is 1. The second kappa shape index (κ2) is 7.90. The van der Waals surface area contributed by atoms with Crippen molar-refractivity contribution < 1.29 is 14.3 Å². The summed E-state index contributed by atoms with van der Waals surface area (Å²) in [5.74, 6) is 0.108. The minimum absolute atomic E-state index is 0.146. The van der Waals surface area contributed by atoms with Crippen LogP contribution in [0.15, 0.2) is 47.6 Å². The molecule has 7 nitrogen and oxygen atoms in total. The van der Waals surface area contributed by atoms with Crippen LogP contribution < -0.4 is 9.75 Å². The lowest BCUT2D eigenvalue weighted by Gasteiger charge is -2.22. The summed E-state index contributed by atoms with van der Waals surface area (Å²) in [6.45, 7) is 0. The number of hydrogen-bond donors (Lipinski definition) is 0. The Morgan fingerprint density at radius 1 is 1.06 bits per heavy atom. The lowest BCUT2D eigenvalue weighted by atomic mass is 10.1. The number of ether oxygens (including phenoxy) is 1. The number of carbonyl (C=O) groups is 2. The number of Topliss-reactive ketones (excluding diaryl/α,β-unsaturated/α-hetero) is 1. The van der Waals surface area contributed by atoms with Gasteiger partial charge in [0, 0.05) is 17.0 Å². The van der Waals surface area contributed by atoms with E-state index in [1.165, 1.54) is 25.0 Å². The van der Waals surface area contributed by atoms with E-state index in [0.29, 0.717) is 11.7 Å². The lowest BCUT2D eigenvalue weighted by molar-refractivity contribution is -0.124. The molecular weight excluding hydrogens is 451 g/mol. The fraction of sp³-hybridized carbons (Fsp3) is 0.174. The van der Waals surface area contributed by atoms with Gasteiger partial charge in [0.15, 0.2) is 5.75 Å². The van der Waals surface area contributed by atoms with Crippen LogP contribution in [-0.4, -0.2) is 22.4 Å². The molecular formula is C23H14Cl2N4O3. The van der Waals surface area contributed by atoms with Crippen LogP contribution in [0.1, 0.15) is 30.9 Å². The van der Waals surface area contributed by atoms with Crippen LogP contribution in [0.25, 0.3) is 10.9 Å². The Morgan fingerprint density at radius 3 is 2.50 bits per heavy atom. The fourth-order valence-corrected chi connectivity index (χ4v) is 4.02. The number of benzene rings is 2. The van der Waals surface area contributed by atoms with Crippen molar-refractivity contribution in [3.8, 4) is 17.6 Å². The van der Waals surface area contributed by atoms with E-state index in [9.17, 15) is 9.59 Å². The molecule has 0 spiro atoms. The molecule has 1 fully saturated rings. The first kappa shape index (κ1) is 20.4. The van der Waals surface area contributed by atoms with Crippen molar-refractivity contribution in [2.45, 2.75) is 25.2 Å². The van der Waals surface area contributed by atoms with Crippen LogP contribution in [0.5, 0.6) is 11.5 Å². The van der Waals surface area contributed by atoms with Crippen LogP contribution in [0.4, 0.5) is 5.69 Å². The second-order valence-electron chi connectivity index (χ2n) is 7.57. The zero-order valence-corrected chi connectivity index (χ0v) is 18.0. The van der Waals surface area contributed by atoms with Crippen LogP contribution >= 0.6 is 23.2 Å². The number of nitrogens with zero attached hydrogens (tertiary/aromatic N) is 4. The molecule has 0 unspecified atom stereocenters. The minimum Gasteiger partial charge on any atom is -0.454 e. The van der Waals surface area contributed by atoms with Crippen LogP contribution in [0.2, 0.25) is 10.0 Å². The molecule has 1 aromatic heterocycles. The molecule has 2 aromatic carbocycles. The van der Waals surface area contributed by atoms with Crippen molar-refractivity contribution in [2.24, 2.45) is 5.10 Å². The molecule has 1 aliphatic heterocycles. The number of amides is 1. The molecule has 2 heterocycles. The van der Waals surface area contributed by atoms with E-state index in [2.05, 4.69) is 5.10 Å². The number of hydrogen-bond acceptors (Lipinski definition) is 6. The molecule has 3 aromatic rings. The number of carbonyl (C=O) groups excluding carboxylic acids is 2. The van der Waals surface area contributed by atoms with Gasteiger partial charge >= 0.3 is 0 Å². The molecule has 32 heavy (non-hydrogen) atoms. The van der Waals surface area contributed by atoms with Gasteiger partial charge in [0.05, 0.1) is 27.7 Å². The maximum Gasteiger partial charge on any atom is 0.255 e. The topological polar surface area (TPSA) is 95.7 Å². The summed E-state index contributed by atoms with van der Waals surface area (Å²) in [6, 6.07) is 14.1. The zero-order valence-electron chi connectivity index (χ0n) is 16.5. The second-order valence-corrected chi connectivity index (χ2v) is 8.39. The van der Waals surface area contributed by atoms with Crippen molar-refractivity contribution in [2.75, 3.05) is 5.01 Å². The highest BCUT2D eigenvalue weighted by Crippen LogP contribution is 2.42. The highest BCUT2D eigenvalue weighted by molar-refractivity contribution is 6.50. The normalized spacial score (nSPS) is 16.2. The van der Waals surface area contributed by atoms with Crippen LogP contribution in [-0.2, 0) is 9.59 Å². The number of halogens is 2. The van der Waals surface area contributed by atoms with Crippen molar-refractivity contribution in [1.82, 2.24) is 4.98 Å². The number of aromatic nitrogens is 1. The molecule has 0 saturated heterocycles. The SMILES string of the molecule is N#CC1=NN(c2cc(Cl)c(Oc3ccc4nc(C5CC5)ccc4c3)c(Cl)c2)C(=O)CC1=O. The first-order valence-electron chi connectivity index (χ1n) is 9.85. The monoisotopic (exact) mass is 464 g/mol. The molecule has 9 heteroatoms. The lowest BCUT2D eigenvalue weighted by Crippen LogP contribution is -2.36. The highest BCUT2D eigenvalue weighted by atomic mass is 35.5. The number of anilines is 1. The third-order valence-corrected chi connectivity index (χ3v) is 5.80. The Balaban J connectivity index is 1.44. The maximum atomic E-state index is 12.2. The molecule has 0 radical (unpaired) electrons. The van der Waals surface area contributed by atoms with Gasteiger partial charge in [0.2, 0.25) is 11.5 Å². The van der Waals surface area contributed by atoms with E-state index in [0.717, 1.165) is 21.6 Å². The first-order chi connectivity index (χ1) is 15.4. The first-order valence-corrected chi connectivity index (χ1v) is 10.6. The zero-order chi connectivity index (χ0) is 22.4. The third kappa shape index (κ3) is 3.79. The van der Waals surface area contributed by atoms with Gasteiger partial charge in [-0.25, -0.2) is 0 Å². The van der Waals surface area contributed by atoms with E-state index in [-0.39, 0.29) is 27.2 Å². The summed E-state index contributed by atoms with van der Waals surface area (Å²) in [6.07, 6.45) is 1.93. The minimum atomic E-state index is -0.624. The Labute approximate surface area is 192 Å². The molecule has 0 N–H and O–H groups in total. The Bertz CT molecular complexity index is 1350. The predicted molar refractivity (Wildman–Crippen MR) is 120 cm³/mol. The molecule has 2 aliphatic rings. The largest absolute Gasteiger partial charge is 0.454 e. The number of ketones is 1. The van der Waals surface area contributed by atoms with E-state index >= 15 is 0 Å². The summed E-state index contributed by atoms with van der Waals surface area (Å²) in [7, 11) is 0. The van der Waals surface area contributed by atoms with E-state index in [4.69, 9.17) is 38.2 Å². The van der Waals surface area contributed by atoms with Gasteiger partial charge in [-0.2, -0.15) is 15.4 Å². The third-order valence-electron chi connectivity index (χ3n) is 5.24. The van der Waals surface area contributed by atoms with Crippen molar-refractivity contribution >= 4 is 57.2 Å². The molecule has 0 bridgehead atoms. The molecule has 0 atom stereocenters. The number of hydrazone groups is 1. The van der Waals surface area contributed by atoms with E-state index in [1.807, 2.05) is 24.3 Å². The Kier molecular flexibility index (Phi) is 5.04. The van der Waals surface area contributed by atoms with Gasteiger partial charge in [-0.15, -0.1) is 0 Å². The van der Waals surface area contributed by atoms with Gasteiger partial charge in [0.25, 0.3) is 5.91 Å². The van der Waals surface area contributed by atoms with Gasteiger partial charge in [0.1, 0.15) is 11.8 Å². The summed E-state index contributed by atoms with van der Waals surface area (Å²) in [4.78, 5) is 28.6.